The van der Waals surface area contributed by atoms with Gasteiger partial charge in [0.05, 0.1) is 0 Å². The zero-order valence-electron chi connectivity index (χ0n) is 21.5. The van der Waals surface area contributed by atoms with Crippen molar-refractivity contribution in [2.24, 2.45) is 17.8 Å². The largest absolute Gasteiger partial charge is 0.203 e. The molecule has 0 nitrogen and oxygen atoms in total. The normalized spacial score (nSPS) is 25.5. The molecule has 2 aromatic rings. The lowest BCUT2D eigenvalue weighted by atomic mass is 9.68. The molecule has 0 spiro atoms. The van der Waals surface area contributed by atoms with Gasteiger partial charge in [0, 0.05) is 11.1 Å². The third-order valence-electron chi connectivity index (χ3n) is 9.39. The summed E-state index contributed by atoms with van der Waals surface area (Å²) in [6.45, 7) is 6.00. The van der Waals surface area contributed by atoms with Gasteiger partial charge >= 0.3 is 0 Å². The molecule has 5 rings (SSSR count). The minimum absolute atomic E-state index is 0.0135. The van der Waals surface area contributed by atoms with Gasteiger partial charge in [-0.3, -0.25) is 0 Å². The van der Waals surface area contributed by atoms with Crippen molar-refractivity contribution in [1.82, 2.24) is 0 Å². The molecule has 0 N–H and O–H groups in total. The van der Waals surface area contributed by atoms with Crippen molar-refractivity contribution >= 4 is 0 Å². The highest BCUT2D eigenvalue weighted by Crippen LogP contribution is 2.48. The van der Waals surface area contributed by atoms with Gasteiger partial charge in [0.2, 0.25) is 0 Å². The fourth-order valence-corrected chi connectivity index (χ4v) is 7.26. The Morgan fingerprint density at radius 3 is 1.94 bits per heavy atom. The number of fused-ring (bicyclic) bond motifs is 3. The molecule has 3 aliphatic rings. The smallest absolute Gasteiger partial charge is 0.167 e. The third-order valence-corrected chi connectivity index (χ3v) is 9.39. The Kier molecular flexibility index (Phi) is 7.60. The monoisotopic (exact) mass is 498 g/mol. The van der Waals surface area contributed by atoms with E-state index in [-0.39, 0.29) is 17.0 Å². The standard InChI is InChI=1S/C32H38F4/c1-3-5-6-7-23-16-24-17-25-18-26(30(34)32(36)28(25)27(24)31(35)29(23)33)22-14-12-21(13-15-22)20-10-8-19(4-2)9-11-20/h4,16,18-22H,2-3,5-15,17H2,1H3. The number of hydrogen-bond donors (Lipinski definition) is 0. The first-order valence-electron chi connectivity index (χ1n) is 14.1. The van der Waals surface area contributed by atoms with E-state index < -0.39 is 23.3 Å². The molecule has 0 atom stereocenters. The minimum atomic E-state index is -1.03. The first kappa shape index (κ1) is 25.5. The Morgan fingerprint density at radius 2 is 1.33 bits per heavy atom. The predicted octanol–water partition coefficient (Wildman–Crippen LogP) is 9.81. The van der Waals surface area contributed by atoms with E-state index in [4.69, 9.17) is 0 Å². The van der Waals surface area contributed by atoms with Crippen molar-refractivity contribution in [1.29, 1.82) is 0 Å². The van der Waals surface area contributed by atoms with Crippen molar-refractivity contribution in [2.75, 3.05) is 0 Å². The van der Waals surface area contributed by atoms with Gasteiger partial charge in [0.25, 0.3) is 0 Å². The molecule has 0 saturated heterocycles. The zero-order chi connectivity index (χ0) is 25.4. The molecule has 0 aromatic heterocycles. The molecule has 0 aliphatic heterocycles. The number of rotatable bonds is 7. The molecule has 0 amide bonds. The molecule has 2 aromatic carbocycles. The summed E-state index contributed by atoms with van der Waals surface area (Å²) in [6, 6.07) is 3.43. The fraction of sp³-hybridized carbons (Fsp3) is 0.562. The molecule has 194 valence electrons. The number of halogens is 4. The summed E-state index contributed by atoms with van der Waals surface area (Å²) in [6.07, 6.45) is 14.3. The molecule has 2 saturated carbocycles. The van der Waals surface area contributed by atoms with E-state index in [0.717, 1.165) is 50.9 Å². The van der Waals surface area contributed by atoms with Crippen LogP contribution in [0, 0.1) is 41.0 Å². The van der Waals surface area contributed by atoms with E-state index in [1.165, 1.54) is 25.7 Å². The maximum absolute atomic E-state index is 15.4. The second kappa shape index (κ2) is 10.7. The summed E-state index contributed by atoms with van der Waals surface area (Å²) in [7, 11) is 0. The molecule has 36 heavy (non-hydrogen) atoms. The summed E-state index contributed by atoms with van der Waals surface area (Å²) in [5.41, 5.74) is 1.78. The molecule has 0 unspecified atom stereocenters. The maximum atomic E-state index is 15.4. The van der Waals surface area contributed by atoms with Crippen molar-refractivity contribution in [3.8, 4) is 11.1 Å². The summed E-state index contributed by atoms with van der Waals surface area (Å²) in [5.74, 6) is -1.79. The first-order chi connectivity index (χ1) is 17.4. The SMILES string of the molecule is C=CC1CCC(C2CCC(c3cc4c(c(F)c3F)-c3c(cc(CCCCC)c(F)c3F)C4)CC2)CC1. The Balaban J connectivity index is 1.34. The van der Waals surface area contributed by atoms with Gasteiger partial charge < -0.3 is 0 Å². The van der Waals surface area contributed by atoms with Gasteiger partial charge in [-0.1, -0.05) is 38.0 Å². The van der Waals surface area contributed by atoms with Crippen LogP contribution >= 0.6 is 0 Å². The van der Waals surface area contributed by atoms with Gasteiger partial charge in [-0.25, -0.2) is 17.6 Å². The number of allylic oxidation sites excluding steroid dienone is 1. The van der Waals surface area contributed by atoms with Crippen LogP contribution in [-0.4, -0.2) is 0 Å². The van der Waals surface area contributed by atoms with Crippen molar-refractivity contribution in [3.63, 3.8) is 0 Å². The van der Waals surface area contributed by atoms with Crippen LogP contribution in [0.4, 0.5) is 17.6 Å². The highest BCUT2D eigenvalue weighted by atomic mass is 19.2. The molecule has 0 bridgehead atoms. The van der Waals surface area contributed by atoms with E-state index in [2.05, 4.69) is 19.6 Å². The molecule has 4 heteroatoms. The van der Waals surface area contributed by atoms with Gasteiger partial charge in [-0.15, -0.1) is 6.58 Å². The predicted molar refractivity (Wildman–Crippen MR) is 138 cm³/mol. The maximum Gasteiger partial charge on any atom is 0.167 e. The van der Waals surface area contributed by atoms with E-state index in [0.29, 0.717) is 46.9 Å². The first-order valence-corrected chi connectivity index (χ1v) is 14.1. The van der Waals surface area contributed by atoms with Crippen LogP contribution in [0.1, 0.15) is 106 Å². The van der Waals surface area contributed by atoms with Crippen molar-refractivity contribution in [2.45, 2.75) is 96.3 Å². The lowest BCUT2D eigenvalue weighted by molar-refractivity contribution is 0.170. The van der Waals surface area contributed by atoms with E-state index >= 15 is 13.2 Å². The zero-order valence-corrected chi connectivity index (χ0v) is 21.5. The van der Waals surface area contributed by atoms with Crippen LogP contribution in [0.25, 0.3) is 11.1 Å². The summed E-state index contributed by atoms with van der Waals surface area (Å²) >= 11 is 0. The highest BCUT2D eigenvalue weighted by Gasteiger charge is 2.35. The quantitative estimate of drug-likeness (QED) is 0.173. The fourth-order valence-electron chi connectivity index (χ4n) is 7.26. The van der Waals surface area contributed by atoms with Crippen molar-refractivity contribution in [3.05, 3.63) is 70.3 Å². The third kappa shape index (κ3) is 4.65. The lowest BCUT2D eigenvalue weighted by Gasteiger charge is -2.37. The molecular weight excluding hydrogens is 460 g/mol. The summed E-state index contributed by atoms with van der Waals surface area (Å²) in [5, 5.41) is 0. The van der Waals surface area contributed by atoms with Crippen LogP contribution in [0.2, 0.25) is 0 Å². The van der Waals surface area contributed by atoms with E-state index in [1.54, 1.807) is 12.1 Å². The summed E-state index contributed by atoms with van der Waals surface area (Å²) in [4.78, 5) is 0. The van der Waals surface area contributed by atoms with Gasteiger partial charge in [0.15, 0.2) is 23.3 Å². The average Bonchev–Trinajstić information content (AvgIpc) is 3.28. The number of hydrogen-bond acceptors (Lipinski definition) is 0. The highest BCUT2D eigenvalue weighted by molar-refractivity contribution is 5.79. The van der Waals surface area contributed by atoms with Crippen LogP contribution in [0.5, 0.6) is 0 Å². The van der Waals surface area contributed by atoms with E-state index in [1.807, 2.05) is 0 Å². The van der Waals surface area contributed by atoms with Crippen molar-refractivity contribution < 1.29 is 17.6 Å². The number of benzene rings is 2. The van der Waals surface area contributed by atoms with Crippen LogP contribution < -0.4 is 0 Å². The Labute approximate surface area is 213 Å². The lowest BCUT2D eigenvalue weighted by Crippen LogP contribution is -2.25. The molecular formula is C32H38F4. The Hall–Kier alpha value is -2.10. The number of aryl methyl sites for hydroxylation is 1. The summed E-state index contributed by atoms with van der Waals surface area (Å²) < 4.78 is 60.7. The molecule has 2 fully saturated rings. The number of unbranched alkanes of at least 4 members (excludes halogenated alkanes) is 2. The minimum Gasteiger partial charge on any atom is -0.203 e. The molecule has 3 aliphatic carbocycles. The second-order valence-corrected chi connectivity index (χ2v) is 11.5. The van der Waals surface area contributed by atoms with Crippen LogP contribution in [-0.2, 0) is 12.8 Å². The van der Waals surface area contributed by atoms with Crippen LogP contribution in [0.15, 0.2) is 24.8 Å². The molecule has 0 heterocycles. The van der Waals surface area contributed by atoms with Gasteiger partial charge in [-0.05, 0) is 117 Å². The van der Waals surface area contributed by atoms with Gasteiger partial charge in [-0.2, -0.15) is 0 Å². The van der Waals surface area contributed by atoms with E-state index in [9.17, 15) is 4.39 Å². The average molecular weight is 499 g/mol. The Morgan fingerprint density at radius 1 is 0.750 bits per heavy atom. The van der Waals surface area contributed by atoms with Crippen LogP contribution in [0.3, 0.4) is 0 Å². The second-order valence-electron chi connectivity index (χ2n) is 11.5. The van der Waals surface area contributed by atoms with Gasteiger partial charge in [0.1, 0.15) is 0 Å². The topological polar surface area (TPSA) is 0 Å². The Bertz CT molecular complexity index is 1120. The molecule has 0 radical (unpaired) electrons.